The number of ketones is 2. The van der Waals surface area contributed by atoms with Crippen molar-refractivity contribution in [3.8, 4) is 17.1 Å². The first-order valence-corrected chi connectivity index (χ1v) is 14.3. The molecule has 0 radical (unpaired) electrons. The third-order valence-corrected chi connectivity index (χ3v) is 9.51. The Bertz CT molecular complexity index is 1600. The second-order valence-corrected chi connectivity index (χ2v) is 12.3. The van der Waals surface area contributed by atoms with E-state index in [9.17, 15) is 34.8 Å². The SMILES string of the molecule is CN1CCN(Cc2ccc(-c3ccc(O)c4c3C[C@H]3C[C@H]5[C@H](N(C)C)C(O)=C(C(N)=O)C(=O)[C@@]5(O)C(O)=C3C4=O)o2)CC1. The third kappa shape index (κ3) is 4.39. The largest absolute Gasteiger partial charge is 0.510 e. The highest BCUT2D eigenvalue weighted by Gasteiger charge is 2.63. The number of furan rings is 1. The van der Waals surface area contributed by atoms with E-state index in [1.807, 2.05) is 12.1 Å². The van der Waals surface area contributed by atoms with Gasteiger partial charge in [-0.15, -0.1) is 0 Å². The molecule has 1 aliphatic heterocycles. The Kier molecular flexibility index (Phi) is 7.00. The van der Waals surface area contributed by atoms with Crippen LogP contribution in [0.1, 0.15) is 28.1 Å². The molecule has 2 heterocycles. The molecular formula is C31H36N4O8. The minimum absolute atomic E-state index is 0.0215. The third-order valence-electron chi connectivity index (χ3n) is 9.51. The maximum atomic E-state index is 14.0. The van der Waals surface area contributed by atoms with Crippen LogP contribution >= 0.6 is 0 Å². The standard InChI is InChI=1S/C31H36N4O8/c1-33(2)25-19-13-15-12-18-17(21-7-4-16(43-21)14-35-10-8-34(3)9-11-35)5-6-20(36)23(18)26(37)22(15)28(39)31(19,42)29(40)24(27(25)38)30(32)41/h4-7,15,19,25,36,38-39,42H,8-14H2,1-3H3,(H2,32,41)/t15-,19-,25-,31-/m0/s1. The number of primary amides is 1. The summed E-state index contributed by atoms with van der Waals surface area (Å²) in [6.45, 7) is 4.43. The average Bonchev–Trinajstić information content (AvgIpc) is 3.40. The molecule has 1 fully saturated rings. The molecule has 228 valence electrons. The van der Waals surface area contributed by atoms with E-state index in [1.54, 1.807) is 20.2 Å². The predicted octanol–water partition coefficient (Wildman–Crippen LogP) is 1.13. The van der Waals surface area contributed by atoms with E-state index in [1.165, 1.54) is 11.0 Å². The number of likely N-dealkylation sites (N-methyl/N-ethyl adjacent to an activating group) is 2. The average molecular weight is 593 g/mol. The lowest BCUT2D eigenvalue weighted by molar-refractivity contribution is -0.148. The monoisotopic (exact) mass is 592 g/mol. The molecule has 4 aliphatic rings. The van der Waals surface area contributed by atoms with Gasteiger partial charge in [-0.25, -0.2) is 0 Å². The Morgan fingerprint density at radius 1 is 1.09 bits per heavy atom. The normalized spacial score (nSPS) is 28.3. The quantitative estimate of drug-likeness (QED) is 0.314. The zero-order valence-electron chi connectivity index (χ0n) is 24.3. The van der Waals surface area contributed by atoms with Gasteiger partial charge < -0.3 is 35.5 Å². The summed E-state index contributed by atoms with van der Waals surface area (Å²) in [6, 6.07) is 5.76. The summed E-state index contributed by atoms with van der Waals surface area (Å²) in [5.41, 5.74) is 2.80. The van der Waals surface area contributed by atoms with Crippen molar-refractivity contribution >= 4 is 17.5 Å². The zero-order valence-corrected chi connectivity index (χ0v) is 24.3. The molecule has 0 bridgehead atoms. The number of carbonyl (C=O) groups excluding carboxylic acids is 3. The molecule has 1 aromatic heterocycles. The van der Waals surface area contributed by atoms with Crippen molar-refractivity contribution in [3.63, 3.8) is 0 Å². The maximum Gasteiger partial charge on any atom is 0.255 e. The lowest BCUT2D eigenvalue weighted by Crippen LogP contribution is -2.63. The minimum Gasteiger partial charge on any atom is -0.510 e. The van der Waals surface area contributed by atoms with E-state index in [2.05, 4.69) is 16.8 Å². The lowest BCUT2D eigenvalue weighted by Gasteiger charge is -2.50. The smallest absolute Gasteiger partial charge is 0.255 e. The molecule has 2 aromatic rings. The zero-order chi connectivity index (χ0) is 31.0. The number of nitrogens with two attached hydrogens (primary N) is 1. The Morgan fingerprint density at radius 3 is 2.44 bits per heavy atom. The number of phenols is 1. The summed E-state index contributed by atoms with van der Waals surface area (Å²) < 4.78 is 6.23. The molecule has 43 heavy (non-hydrogen) atoms. The molecule has 6 rings (SSSR count). The number of nitrogens with zero attached hydrogens (tertiary/aromatic N) is 3. The predicted molar refractivity (Wildman–Crippen MR) is 154 cm³/mol. The van der Waals surface area contributed by atoms with Crippen molar-refractivity contribution in [1.82, 2.24) is 14.7 Å². The molecular weight excluding hydrogens is 556 g/mol. The van der Waals surface area contributed by atoms with Crippen molar-refractivity contribution in [1.29, 1.82) is 0 Å². The van der Waals surface area contributed by atoms with Crippen LogP contribution in [0.4, 0.5) is 0 Å². The molecule has 0 spiro atoms. The van der Waals surface area contributed by atoms with E-state index in [0.717, 1.165) is 31.9 Å². The Labute approximate surface area is 248 Å². The number of fused-ring (bicyclic) bond motifs is 3. The molecule has 3 aliphatic carbocycles. The fourth-order valence-electron chi connectivity index (χ4n) is 7.32. The van der Waals surface area contributed by atoms with Crippen LogP contribution in [0.3, 0.4) is 0 Å². The highest BCUT2D eigenvalue weighted by Crippen LogP contribution is 2.53. The van der Waals surface area contributed by atoms with Gasteiger partial charge >= 0.3 is 0 Å². The van der Waals surface area contributed by atoms with E-state index >= 15 is 0 Å². The molecule has 12 heteroatoms. The Balaban J connectivity index is 1.41. The first-order chi connectivity index (χ1) is 20.3. The van der Waals surface area contributed by atoms with E-state index in [-0.39, 0.29) is 29.7 Å². The number of rotatable bonds is 5. The topological polar surface area (TPSA) is 181 Å². The van der Waals surface area contributed by atoms with Gasteiger partial charge in [0.1, 0.15) is 34.4 Å². The highest BCUT2D eigenvalue weighted by molar-refractivity contribution is 6.24. The van der Waals surface area contributed by atoms with Gasteiger partial charge in [0.05, 0.1) is 18.2 Å². The van der Waals surface area contributed by atoms with Gasteiger partial charge in [0.25, 0.3) is 5.91 Å². The van der Waals surface area contributed by atoms with E-state index in [0.29, 0.717) is 23.4 Å². The van der Waals surface area contributed by atoms with Crippen molar-refractivity contribution in [2.45, 2.75) is 31.0 Å². The fraction of sp³-hybridized carbons (Fsp3) is 0.452. The number of aromatic hydroxyl groups is 1. The number of allylic oxidation sites excluding steroid dienone is 1. The van der Waals surface area contributed by atoms with Gasteiger partial charge in [-0.1, -0.05) is 0 Å². The van der Waals surface area contributed by atoms with Gasteiger partial charge in [-0.2, -0.15) is 0 Å². The first-order valence-electron chi connectivity index (χ1n) is 14.3. The summed E-state index contributed by atoms with van der Waals surface area (Å²) in [4.78, 5) is 45.7. The van der Waals surface area contributed by atoms with Gasteiger partial charge in [0.15, 0.2) is 11.4 Å². The van der Waals surface area contributed by atoms with Crippen LogP contribution in [0.5, 0.6) is 5.75 Å². The van der Waals surface area contributed by atoms with Crippen LogP contribution in [0.2, 0.25) is 0 Å². The fourth-order valence-corrected chi connectivity index (χ4v) is 7.32. The Morgan fingerprint density at radius 2 is 1.79 bits per heavy atom. The number of phenolic OH excluding ortho intramolecular Hbond substituents is 1. The number of aliphatic hydroxyl groups excluding tert-OH is 2. The summed E-state index contributed by atoms with van der Waals surface area (Å²) in [6.07, 6.45) is 0.209. The summed E-state index contributed by atoms with van der Waals surface area (Å²) in [7, 11) is 5.29. The van der Waals surface area contributed by atoms with Crippen LogP contribution in [-0.2, 0) is 22.6 Å². The Hall–Kier alpha value is -3.97. The number of amides is 1. The lowest BCUT2D eigenvalue weighted by atomic mass is 9.58. The first kappa shape index (κ1) is 29.1. The maximum absolute atomic E-state index is 14.0. The number of hydrogen-bond acceptors (Lipinski definition) is 11. The molecule has 1 saturated heterocycles. The van der Waals surface area contributed by atoms with Crippen molar-refractivity contribution < 1.29 is 39.2 Å². The van der Waals surface area contributed by atoms with Crippen molar-refractivity contribution in [2.75, 3.05) is 47.3 Å². The van der Waals surface area contributed by atoms with Crippen LogP contribution in [0, 0.1) is 11.8 Å². The summed E-state index contributed by atoms with van der Waals surface area (Å²) in [5.74, 6) is -5.48. The second kappa shape index (κ2) is 10.3. The molecule has 6 N–H and O–H groups in total. The minimum atomic E-state index is -2.67. The van der Waals surface area contributed by atoms with Crippen LogP contribution in [-0.4, -0.2) is 112 Å². The van der Waals surface area contributed by atoms with Gasteiger partial charge in [-0.3, -0.25) is 24.2 Å². The molecule has 1 amide bonds. The van der Waals surface area contributed by atoms with E-state index in [4.69, 9.17) is 10.2 Å². The van der Waals surface area contributed by atoms with Crippen molar-refractivity contribution in [3.05, 3.63) is 63.8 Å². The highest BCUT2D eigenvalue weighted by atomic mass is 16.4. The van der Waals surface area contributed by atoms with Crippen LogP contribution in [0.25, 0.3) is 11.3 Å². The van der Waals surface area contributed by atoms with E-state index < -0.39 is 58.0 Å². The number of Topliss-reactive ketones (excluding diaryl/α,β-unsaturated/α-hetero) is 2. The second-order valence-electron chi connectivity index (χ2n) is 12.3. The number of benzene rings is 1. The van der Waals surface area contributed by atoms with Crippen LogP contribution < -0.4 is 5.73 Å². The molecule has 0 saturated carbocycles. The van der Waals surface area contributed by atoms with Gasteiger partial charge in [0, 0.05) is 43.2 Å². The van der Waals surface area contributed by atoms with Gasteiger partial charge in [-0.05, 0) is 69.7 Å². The van der Waals surface area contributed by atoms with Crippen LogP contribution in [0.15, 0.2) is 51.3 Å². The van der Waals surface area contributed by atoms with Gasteiger partial charge in [0.2, 0.25) is 5.78 Å². The summed E-state index contributed by atoms with van der Waals surface area (Å²) >= 11 is 0. The molecule has 4 atom stereocenters. The number of piperazine rings is 1. The molecule has 0 unspecified atom stereocenters. The number of carbonyl (C=O) groups is 3. The molecule has 12 nitrogen and oxygen atoms in total. The molecule has 1 aromatic carbocycles. The van der Waals surface area contributed by atoms with Crippen molar-refractivity contribution in [2.24, 2.45) is 17.6 Å². The number of aliphatic hydroxyl groups is 3. The summed E-state index contributed by atoms with van der Waals surface area (Å²) in [5, 5.41) is 45.0. The number of hydrogen-bond donors (Lipinski definition) is 5.